The molecule has 3 amide bonds. The van der Waals surface area contributed by atoms with Crippen molar-refractivity contribution in [2.45, 2.75) is 97.1 Å². The van der Waals surface area contributed by atoms with Gasteiger partial charge in [0.05, 0.1) is 0 Å². The average Bonchev–Trinajstić information content (AvgIpc) is 3.41. The van der Waals surface area contributed by atoms with Gasteiger partial charge in [0.25, 0.3) is 5.91 Å². The molecule has 2 aromatic carbocycles. The monoisotopic (exact) mass is 601 g/mol. The van der Waals surface area contributed by atoms with E-state index in [4.69, 9.17) is 5.73 Å². The fourth-order valence-electron chi connectivity index (χ4n) is 6.33. The number of nitrogens with two attached hydrogens (primary N) is 1. The van der Waals surface area contributed by atoms with Crippen LogP contribution in [0.1, 0.15) is 94.1 Å². The Kier molecular flexibility index (Phi) is 12.8. The van der Waals surface area contributed by atoms with Gasteiger partial charge < -0.3 is 25.8 Å². The number of aryl methyl sites for hydroxylation is 1. The normalized spacial score (nSPS) is 16.5. The molecular formula is C36H51N5O3. The fourth-order valence-corrected chi connectivity index (χ4v) is 6.33. The molecule has 1 fully saturated rings. The number of unbranched alkanes of at least 4 members (excludes halogenated alkanes) is 5. The van der Waals surface area contributed by atoms with Gasteiger partial charge in [0, 0.05) is 41.6 Å². The number of hydrogen-bond acceptors (Lipinski definition) is 4. The number of carbonyl (C=O) groups excluding carboxylic acids is 3. The van der Waals surface area contributed by atoms with Gasteiger partial charge in [-0.15, -0.1) is 0 Å². The standard InChI is InChI=1S/C36H51N5O3/c1-3-27-14-13-16-31(24-27)40(4-2)34(42)26-41-32-17-10-9-15-29(32)25-33(41)36(44)39-30-20-18-28(19-21-30)35(43)38-23-12-8-6-5-7-11-22-37/h9-10,13-17,24-25,28,30H,3-8,11-12,18-23,26,37H2,1-2H3,(H,38,43)(H,39,44). The Morgan fingerprint density at radius 2 is 1.61 bits per heavy atom. The third-order valence-electron chi connectivity index (χ3n) is 8.95. The van der Waals surface area contributed by atoms with Crippen LogP contribution in [0.25, 0.3) is 10.9 Å². The highest BCUT2D eigenvalue weighted by molar-refractivity contribution is 6.01. The van der Waals surface area contributed by atoms with Gasteiger partial charge in [0.15, 0.2) is 0 Å². The van der Waals surface area contributed by atoms with E-state index in [-0.39, 0.29) is 36.2 Å². The van der Waals surface area contributed by atoms with Crippen molar-refractivity contribution in [3.05, 3.63) is 65.9 Å². The Balaban J connectivity index is 1.33. The number of anilines is 1. The number of amides is 3. The van der Waals surface area contributed by atoms with E-state index in [2.05, 4.69) is 29.7 Å². The number of rotatable bonds is 16. The summed E-state index contributed by atoms with van der Waals surface area (Å²) in [6.45, 7) is 6.18. The van der Waals surface area contributed by atoms with Gasteiger partial charge in [-0.25, -0.2) is 0 Å². The fraction of sp³-hybridized carbons (Fsp3) is 0.528. The Hall–Kier alpha value is -3.65. The Bertz CT molecular complexity index is 1380. The summed E-state index contributed by atoms with van der Waals surface area (Å²) in [5, 5.41) is 7.27. The largest absolute Gasteiger partial charge is 0.356 e. The number of aromatic nitrogens is 1. The third kappa shape index (κ3) is 8.94. The van der Waals surface area contributed by atoms with E-state index >= 15 is 0 Å². The highest BCUT2D eigenvalue weighted by Gasteiger charge is 2.28. The van der Waals surface area contributed by atoms with Crippen LogP contribution in [0, 0.1) is 5.92 Å². The highest BCUT2D eigenvalue weighted by atomic mass is 16.2. The lowest BCUT2D eigenvalue weighted by Gasteiger charge is -2.28. The molecule has 1 aliphatic rings. The first-order valence-electron chi connectivity index (χ1n) is 16.7. The van der Waals surface area contributed by atoms with Gasteiger partial charge in [-0.3, -0.25) is 14.4 Å². The molecule has 1 saturated carbocycles. The van der Waals surface area contributed by atoms with Gasteiger partial charge in [0.1, 0.15) is 12.2 Å². The van der Waals surface area contributed by atoms with Crippen LogP contribution in [-0.4, -0.2) is 48.0 Å². The molecule has 0 aliphatic heterocycles. The minimum atomic E-state index is -0.176. The number of hydrogen-bond donors (Lipinski definition) is 3. The molecule has 8 heteroatoms. The quantitative estimate of drug-likeness (QED) is 0.176. The number of likely N-dealkylation sites (N-methyl/N-ethyl adjacent to an activating group) is 1. The molecule has 1 heterocycles. The summed E-state index contributed by atoms with van der Waals surface area (Å²) in [5.74, 6) is -0.0943. The first-order valence-corrected chi connectivity index (χ1v) is 16.7. The van der Waals surface area contributed by atoms with E-state index < -0.39 is 0 Å². The first-order chi connectivity index (χ1) is 21.4. The Morgan fingerprint density at radius 3 is 2.34 bits per heavy atom. The van der Waals surface area contributed by atoms with E-state index in [1.54, 1.807) is 4.90 Å². The van der Waals surface area contributed by atoms with Crippen molar-refractivity contribution >= 4 is 34.3 Å². The summed E-state index contributed by atoms with van der Waals surface area (Å²) in [4.78, 5) is 41.8. The molecule has 8 nitrogen and oxygen atoms in total. The average molecular weight is 602 g/mol. The molecule has 0 unspecified atom stereocenters. The first kappa shape index (κ1) is 33.2. The van der Waals surface area contributed by atoms with E-state index in [0.29, 0.717) is 12.2 Å². The second-order valence-electron chi connectivity index (χ2n) is 12.1. The minimum absolute atomic E-state index is 0.00279. The lowest BCUT2D eigenvalue weighted by atomic mass is 9.85. The molecule has 4 N–H and O–H groups in total. The number of para-hydroxylation sites is 1. The van der Waals surface area contributed by atoms with E-state index in [9.17, 15) is 14.4 Å². The maximum atomic E-state index is 13.6. The second kappa shape index (κ2) is 17.0. The van der Waals surface area contributed by atoms with Crippen molar-refractivity contribution in [2.24, 2.45) is 11.7 Å². The summed E-state index contributed by atoms with van der Waals surface area (Å²) in [5.41, 5.74) is 8.95. The topological polar surface area (TPSA) is 109 Å². The van der Waals surface area contributed by atoms with Crippen molar-refractivity contribution < 1.29 is 14.4 Å². The van der Waals surface area contributed by atoms with Gasteiger partial charge in [-0.1, -0.05) is 62.9 Å². The van der Waals surface area contributed by atoms with Crippen LogP contribution in [0.2, 0.25) is 0 Å². The van der Waals surface area contributed by atoms with E-state index in [1.165, 1.54) is 24.8 Å². The molecule has 44 heavy (non-hydrogen) atoms. The Labute approximate surface area is 262 Å². The smallest absolute Gasteiger partial charge is 0.268 e. The molecule has 0 bridgehead atoms. The molecule has 0 spiro atoms. The number of fused-ring (bicyclic) bond motifs is 1. The summed E-state index contributed by atoms with van der Waals surface area (Å²) in [6.07, 6.45) is 10.8. The van der Waals surface area contributed by atoms with Crippen molar-refractivity contribution in [3.63, 3.8) is 0 Å². The van der Waals surface area contributed by atoms with Gasteiger partial charge in [-0.05, 0) is 88.2 Å². The van der Waals surface area contributed by atoms with E-state index in [1.807, 2.05) is 54.0 Å². The highest BCUT2D eigenvalue weighted by Crippen LogP contribution is 2.26. The van der Waals surface area contributed by atoms with Crippen molar-refractivity contribution in [1.29, 1.82) is 0 Å². The van der Waals surface area contributed by atoms with Crippen LogP contribution in [0.4, 0.5) is 5.69 Å². The van der Waals surface area contributed by atoms with Crippen LogP contribution in [0.3, 0.4) is 0 Å². The van der Waals surface area contributed by atoms with Gasteiger partial charge >= 0.3 is 0 Å². The maximum Gasteiger partial charge on any atom is 0.268 e. The molecule has 4 rings (SSSR count). The third-order valence-corrected chi connectivity index (χ3v) is 8.95. The van der Waals surface area contributed by atoms with Gasteiger partial charge in [0.2, 0.25) is 11.8 Å². The Morgan fingerprint density at radius 1 is 0.886 bits per heavy atom. The molecule has 1 aliphatic carbocycles. The van der Waals surface area contributed by atoms with Gasteiger partial charge in [-0.2, -0.15) is 0 Å². The van der Waals surface area contributed by atoms with E-state index in [0.717, 1.165) is 81.0 Å². The zero-order chi connectivity index (χ0) is 31.3. The lowest BCUT2D eigenvalue weighted by molar-refractivity contribution is -0.126. The summed E-state index contributed by atoms with van der Waals surface area (Å²) in [6, 6.07) is 17.8. The zero-order valence-electron chi connectivity index (χ0n) is 26.7. The van der Waals surface area contributed by atoms with Crippen molar-refractivity contribution in [3.8, 4) is 0 Å². The summed E-state index contributed by atoms with van der Waals surface area (Å²) >= 11 is 0. The van der Waals surface area contributed by atoms with Crippen LogP contribution in [0.15, 0.2) is 54.6 Å². The van der Waals surface area contributed by atoms with Crippen LogP contribution >= 0.6 is 0 Å². The molecular weight excluding hydrogens is 550 g/mol. The van der Waals surface area contributed by atoms with Crippen molar-refractivity contribution in [2.75, 3.05) is 24.5 Å². The molecule has 0 atom stereocenters. The molecule has 1 aromatic heterocycles. The molecule has 238 valence electrons. The second-order valence-corrected chi connectivity index (χ2v) is 12.1. The molecule has 3 aromatic rings. The van der Waals surface area contributed by atoms with Crippen molar-refractivity contribution in [1.82, 2.24) is 15.2 Å². The minimum Gasteiger partial charge on any atom is -0.356 e. The summed E-state index contributed by atoms with van der Waals surface area (Å²) < 4.78 is 1.84. The SMILES string of the molecule is CCc1cccc(N(CC)C(=O)Cn2c(C(=O)NC3CCC(C(=O)NCCCCCCCCN)CC3)cc3ccccc32)c1. The molecule has 0 saturated heterocycles. The summed E-state index contributed by atoms with van der Waals surface area (Å²) in [7, 11) is 0. The molecule has 0 radical (unpaired) electrons. The van der Waals surface area contributed by atoms with Crippen LogP contribution in [0.5, 0.6) is 0 Å². The number of nitrogens with one attached hydrogen (secondary N) is 2. The number of nitrogens with zero attached hydrogens (tertiary/aromatic N) is 2. The maximum absolute atomic E-state index is 13.6. The lowest BCUT2D eigenvalue weighted by Crippen LogP contribution is -2.42. The van der Waals surface area contributed by atoms with Crippen LogP contribution in [-0.2, 0) is 22.6 Å². The van der Waals surface area contributed by atoms with Crippen LogP contribution < -0.4 is 21.3 Å². The predicted molar refractivity (Wildman–Crippen MR) is 179 cm³/mol. The number of benzene rings is 2. The predicted octanol–water partition coefficient (Wildman–Crippen LogP) is 5.96. The zero-order valence-corrected chi connectivity index (χ0v) is 26.7. The number of carbonyl (C=O) groups is 3.